The summed E-state index contributed by atoms with van der Waals surface area (Å²) in [5, 5.41) is 3.29. The zero-order chi connectivity index (χ0) is 23.1. The van der Waals surface area contributed by atoms with Gasteiger partial charge in [0.05, 0.1) is 5.41 Å². The van der Waals surface area contributed by atoms with Crippen molar-refractivity contribution < 1.29 is 13.9 Å². The molecule has 2 aliphatic rings. The standard InChI is InChI=1S/C29H38FNO2/c1-22(24-8-3-2-4-9-24)13-16-31-28(32)29(14-17-33-18-15-29)21-23-7-5-10-25(19-23)26-11-6-12-27(30)20-26/h5-7,10-12,19-20,22,24H,2-4,8-9,13-18,21H2,1H3,(H,31,32). The van der Waals surface area contributed by atoms with Crippen molar-refractivity contribution in [1.82, 2.24) is 5.32 Å². The number of carbonyl (C=O) groups is 1. The number of halogens is 1. The molecule has 3 nitrogen and oxygen atoms in total. The molecule has 0 radical (unpaired) electrons. The topological polar surface area (TPSA) is 38.3 Å². The largest absolute Gasteiger partial charge is 0.381 e. The molecule has 1 heterocycles. The van der Waals surface area contributed by atoms with E-state index in [4.69, 9.17) is 4.74 Å². The van der Waals surface area contributed by atoms with Crippen molar-refractivity contribution in [2.24, 2.45) is 17.3 Å². The zero-order valence-corrected chi connectivity index (χ0v) is 20.0. The summed E-state index contributed by atoms with van der Waals surface area (Å²) in [6, 6.07) is 14.9. The minimum absolute atomic E-state index is 0.165. The van der Waals surface area contributed by atoms with Crippen LogP contribution < -0.4 is 5.32 Å². The number of amides is 1. The Hall–Kier alpha value is -2.20. The Balaban J connectivity index is 1.41. The first-order chi connectivity index (χ1) is 16.1. The summed E-state index contributed by atoms with van der Waals surface area (Å²) in [4.78, 5) is 13.5. The van der Waals surface area contributed by atoms with E-state index in [1.54, 1.807) is 12.1 Å². The number of ether oxygens (including phenoxy) is 1. The fraction of sp³-hybridized carbons (Fsp3) is 0.552. The predicted octanol–water partition coefficient (Wildman–Crippen LogP) is 6.55. The van der Waals surface area contributed by atoms with Crippen LogP contribution in [0.3, 0.4) is 0 Å². The third-order valence-electron chi connectivity index (χ3n) is 7.90. The number of rotatable bonds is 8. The summed E-state index contributed by atoms with van der Waals surface area (Å²) in [6.07, 6.45) is 10.0. The molecule has 1 amide bonds. The number of hydrogen-bond donors (Lipinski definition) is 1. The highest BCUT2D eigenvalue weighted by molar-refractivity contribution is 5.83. The Morgan fingerprint density at radius 3 is 2.48 bits per heavy atom. The van der Waals surface area contributed by atoms with Gasteiger partial charge in [0.25, 0.3) is 0 Å². The van der Waals surface area contributed by atoms with Crippen LogP contribution in [0.4, 0.5) is 4.39 Å². The van der Waals surface area contributed by atoms with Crippen molar-refractivity contribution in [1.29, 1.82) is 0 Å². The summed E-state index contributed by atoms with van der Waals surface area (Å²) in [5.74, 6) is 1.41. The molecule has 1 saturated heterocycles. The lowest BCUT2D eigenvalue weighted by Gasteiger charge is -2.36. The van der Waals surface area contributed by atoms with Gasteiger partial charge >= 0.3 is 0 Å². The van der Waals surface area contributed by atoms with Crippen molar-refractivity contribution in [3.8, 4) is 11.1 Å². The molecule has 1 unspecified atom stereocenters. The average molecular weight is 452 g/mol. The van der Waals surface area contributed by atoms with Gasteiger partial charge in [0.1, 0.15) is 5.82 Å². The third-order valence-corrected chi connectivity index (χ3v) is 7.90. The fourth-order valence-electron chi connectivity index (χ4n) is 5.71. The van der Waals surface area contributed by atoms with Gasteiger partial charge in [-0.1, -0.05) is 75.4 Å². The molecule has 33 heavy (non-hydrogen) atoms. The van der Waals surface area contributed by atoms with Gasteiger partial charge in [0.15, 0.2) is 0 Å². The normalized spacial score (nSPS) is 19.7. The van der Waals surface area contributed by atoms with Gasteiger partial charge in [-0.2, -0.15) is 0 Å². The van der Waals surface area contributed by atoms with Crippen LogP contribution in [-0.4, -0.2) is 25.7 Å². The summed E-state index contributed by atoms with van der Waals surface area (Å²) in [5.41, 5.74) is 2.52. The molecule has 0 aromatic heterocycles. The first-order valence-corrected chi connectivity index (χ1v) is 12.8. The van der Waals surface area contributed by atoms with E-state index in [1.807, 2.05) is 18.2 Å². The van der Waals surface area contributed by atoms with Gasteiger partial charge in [0, 0.05) is 19.8 Å². The molecule has 178 valence electrons. The maximum absolute atomic E-state index is 13.7. The summed E-state index contributed by atoms with van der Waals surface area (Å²) in [7, 11) is 0. The molecule has 2 aromatic rings. The van der Waals surface area contributed by atoms with Crippen LogP contribution in [0.2, 0.25) is 0 Å². The third kappa shape index (κ3) is 6.23. The molecule has 1 aliphatic carbocycles. The Kier molecular flexibility index (Phi) is 8.19. The van der Waals surface area contributed by atoms with Gasteiger partial charge in [-0.3, -0.25) is 4.79 Å². The SMILES string of the molecule is CC(CCNC(=O)C1(Cc2cccc(-c3cccc(F)c3)c2)CCOCC1)C1CCCCC1. The van der Waals surface area contributed by atoms with Crippen molar-refractivity contribution in [3.63, 3.8) is 0 Å². The van der Waals surface area contributed by atoms with E-state index in [0.29, 0.717) is 25.6 Å². The van der Waals surface area contributed by atoms with Crippen LogP contribution in [0.5, 0.6) is 0 Å². The number of hydrogen-bond acceptors (Lipinski definition) is 2. The Bertz CT molecular complexity index is 915. The Morgan fingerprint density at radius 2 is 1.76 bits per heavy atom. The monoisotopic (exact) mass is 451 g/mol. The fourth-order valence-corrected chi connectivity index (χ4v) is 5.71. The van der Waals surface area contributed by atoms with Gasteiger partial charge < -0.3 is 10.1 Å². The lowest BCUT2D eigenvalue weighted by atomic mass is 9.74. The van der Waals surface area contributed by atoms with Crippen LogP contribution in [0, 0.1) is 23.1 Å². The van der Waals surface area contributed by atoms with E-state index < -0.39 is 5.41 Å². The van der Waals surface area contributed by atoms with E-state index in [1.165, 1.54) is 38.2 Å². The van der Waals surface area contributed by atoms with E-state index >= 15 is 0 Å². The molecule has 4 heteroatoms. The van der Waals surface area contributed by atoms with Crippen LogP contribution in [-0.2, 0) is 16.0 Å². The highest BCUT2D eigenvalue weighted by Crippen LogP contribution is 2.36. The molecule has 1 aliphatic heterocycles. The second kappa shape index (κ2) is 11.3. The minimum Gasteiger partial charge on any atom is -0.381 e. The first-order valence-electron chi connectivity index (χ1n) is 12.8. The van der Waals surface area contributed by atoms with Crippen LogP contribution in [0.15, 0.2) is 48.5 Å². The van der Waals surface area contributed by atoms with Gasteiger partial charge in [-0.15, -0.1) is 0 Å². The average Bonchev–Trinajstić information content (AvgIpc) is 2.85. The van der Waals surface area contributed by atoms with E-state index in [0.717, 1.165) is 48.4 Å². The molecule has 1 N–H and O–H groups in total. The van der Waals surface area contributed by atoms with Crippen LogP contribution in [0.25, 0.3) is 11.1 Å². The smallest absolute Gasteiger partial charge is 0.226 e. The number of benzene rings is 2. The molecule has 0 bridgehead atoms. The molecule has 2 fully saturated rings. The summed E-state index contributed by atoms with van der Waals surface area (Å²) in [6.45, 7) is 4.34. The highest BCUT2D eigenvalue weighted by atomic mass is 19.1. The quantitative estimate of drug-likeness (QED) is 0.494. The molecule has 4 rings (SSSR count). The second-order valence-corrected chi connectivity index (χ2v) is 10.2. The van der Waals surface area contributed by atoms with E-state index in [-0.39, 0.29) is 11.7 Å². The van der Waals surface area contributed by atoms with Crippen LogP contribution >= 0.6 is 0 Å². The van der Waals surface area contributed by atoms with Crippen molar-refractivity contribution in [2.75, 3.05) is 19.8 Å². The Morgan fingerprint density at radius 1 is 1.06 bits per heavy atom. The lowest BCUT2D eigenvalue weighted by molar-refractivity contribution is -0.136. The summed E-state index contributed by atoms with van der Waals surface area (Å²) >= 11 is 0. The lowest BCUT2D eigenvalue weighted by Crippen LogP contribution is -2.46. The summed E-state index contributed by atoms with van der Waals surface area (Å²) < 4.78 is 19.3. The highest BCUT2D eigenvalue weighted by Gasteiger charge is 2.40. The minimum atomic E-state index is -0.438. The van der Waals surface area contributed by atoms with E-state index in [9.17, 15) is 9.18 Å². The van der Waals surface area contributed by atoms with Gasteiger partial charge in [0.2, 0.25) is 5.91 Å². The van der Waals surface area contributed by atoms with Crippen molar-refractivity contribution in [2.45, 2.75) is 64.7 Å². The van der Waals surface area contributed by atoms with Gasteiger partial charge in [-0.25, -0.2) is 4.39 Å². The molecule has 2 aromatic carbocycles. The molecule has 1 saturated carbocycles. The number of nitrogens with one attached hydrogen (secondary N) is 1. The maximum atomic E-state index is 13.7. The van der Waals surface area contributed by atoms with Crippen molar-refractivity contribution in [3.05, 3.63) is 59.9 Å². The molecular formula is C29H38FNO2. The van der Waals surface area contributed by atoms with Gasteiger partial charge in [-0.05, 0) is 66.3 Å². The Labute approximate surface area is 198 Å². The predicted molar refractivity (Wildman–Crippen MR) is 131 cm³/mol. The van der Waals surface area contributed by atoms with Crippen molar-refractivity contribution >= 4 is 5.91 Å². The zero-order valence-electron chi connectivity index (χ0n) is 20.0. The van der Waals surface area contributed by atoms with E-state index in [2.05, 4.69) is 24.4 Å². The molecular weight excluding hydrogens is 413 g/mol. The molecule has 1 atom stereocenters. The number of carbonyl (C=O) groups excluding carboxylic acids is 1. The first kappa shape index (κ1) is 23.9. The maximum Gasteiger partial charge on any atom is 0.226 e. The second-order valence-electron chi connectivity index (χ2n) is 10.2. The molecule has 0 spiro atoms. The van der Waals surface area contributed by atoms with Crippen LogP contribution in [0.1, 0.15) is 63.9 Å².